The normalized spacial score (nSPS) is 12.7. The summed E-state index contributed by atoms with van der Waals surface area (Å²) in [7, 11) is 0. The summed E-state index contributed by atoms with van der Waals surface area (Å²) >= 11 is 0. The third-order valence-corrected chi connectivity index (χ3v) is 3.26. The lowest BCUT2D eigenvalue weighted by Gasteiger charge is -2.26. The minimum absolute atomic E-state index is 0.0308. The smallest absolute Gasteiger partial charge is 0.182 e. The SMILES string of the molecule is CCC(C)N(CC)CCC(=O)c1ccc(F)cn1. The van der Waals surface area contributed by atoms with Crippen LogP contribution in [0.3, 0.4) is 0 Å². The highest BCUT2D eigenvalue weighted by atomic mass is 19.1. The summed E-state index contributed by atoms with van der Waals surface area (Å²) in [6.45, 7) is 8.04. The van der Waals surface area contributed by atoms with Crippen LogP contribution in [0.4, 0.5) is 4.39 Å². The summed E-state index contributed by atoms with van der Waals surface area (Å²) in [4.78, 5) is 17.9. The summed E-state index contributed by atoms with van der Waals surface area (Å²) in [5.74, 6) is -0.446. The number of ketones is 1. The van der Waals surface area contributed by atoms with E-state index >= 15 is 0 Å². The molecular formula is C14H21FN2O. The third kappa shape index (κ3) is 4.18. The molecule has 0 aliphatic rings. The van der Waals surface area contributed by atoms with E-state index in [0.717, 1.165) is 25.7 Å². The molecule has 0 saturated carbocycles. The fraction of sp³-hybridized carbons (Fsp3) is 0.571. The van der Waals surface area contributed by atoms with Gasteiger partial charge in [0, 0.05) is 19.0 Å². The van der Waals surface area contributed by atoms with Crippen molar-refractivity contribution >= 4 is 5.78 Å². The maximum Gasteiger partial charge on any atom is 0.182 e. The van der Waals surface area contributed by atoms with Crippen LogP contribution in [-0.4, -0.2) is 34.8 Å². The number of nitrogens with zero attached hydrogens (tertiary/aromatic N) is 2. The predicted octanol–water partition coefficient (Wildman–Crippen LogP) is 2.91. The van der Waals surface area contributed by atoms with E-state index in [0.29, 0.717) is 18.2 Å². The maximum absolute atomic E-state index is 12.7. The zero-order chi connectivity index (χ0) is 13.5. The molecule has 100 valence electrons. The Morgan fingerprint density at radius 2 is 2.17 bits per heavy atom. The second-order valence-electron chi connectivity index (χ2n) is 4.42. The zero-order valence-corrected chi connectivity index (χ0v) is 11.3. The van der Waals surface area contributed by atoms with Crippen LogP contribution in [-0.2, 0) is 0 Å². The second-order valence-corrected chi connectivity index (χ2v) is 4.42. The summed E-state index contributed by atoms with van der Waals surface area (Å²) < 4.78 is 12.7. The molecule has 0 amide bonds. The lowest BCUT2D eigenvalue weighted by Crippen LogP contribution is -2.34. The van der Waals surface area contributed by atoms with E-state index in [2.05, 4.69) is 30.7 Å². The van der Waals surface area contributed by atoms with Crippen LogP contribution in [0.25, 0.3) is 0 Å². The molecular weight excluding hydrogens is 231 g/mol. The Morgan fingerprint density at radius 3 is 2.67 bits per heavy atom. The molecule has 1 heterocycles. The lowest BCUT2D eigenvalue weighted by molar-refractivity contribution is 0.0949. The van der Waals surface area contributed by atoms with Crippen molar-refractivity contribution in [3.05, 3.63) is 29.8 Å². The molecule has 0 fully saturated rings. The number of carbonyl (C=O) groups excluding carboxylic acids is 1. The number of halogens is 1. The Labute approximate surface area is 108 Å². The first-order chi connectivity index (χ1) is 8.58. The molecule has 4 heteroatoms. The molecule has 0 spiro atoms. The van der Waals surface area contributed by atoms with E-state index in [1.807, 2.05) is 0 Å². The zero-order valence-electron chi connectivity index (χ0n) is 11.3. The van der Waals surface area contributed by atoms with Gasteiger partial charge in [-0.15, -0.1) is 0 Å². The average Bonchev–Trinajstić information content (AvgIpc) is 2.39. The largest absolute Gasteiger partial charge is 0.300 e. The molecule has 18 heavy (non-hydrogen) atoms. The van der Waals surface area contributed by atoms with Crippen molar-refractivity contribution in [2.24, 2.45) is 0 Å². The first-order valence-corrected chi connectivity index (χ1v) is 6.47. The van der Waals surface area contributed by atoms with Crippen LogP contribution >= 0.6 is 0 Å². The van der Waals surface area contributed by atoms with Gasteiger partial charge in [0.15, 0.2) is 5.78 Å². The Morgan fingerprint density at radius 1 is 1.44 bits per heavy atom. The van der Waals surface area contributed by atoms with Crippen molar-refractivity contribution in [3.8, 4) is 0 Å². The summed E-state index contributed by atoms with van der Waals surface area (Å²) in [6, 6.07) is 3.19. The minimum Gasteiger partial charge on any atom is -0.300 e. The van der Waals surface area contributed by atoms with Gasteiger partial charge in [-0.3, -0.25) is 9.78 Å². The molecule has 0 aliphatic heterocycles. The summed E-state index contributed by atoms with van der Waals surface area (Å²) in [6.07, 6.45) is 2.58. The van der Waals surface area contributed by atoms with Crippen molar-refractivity contribution in [2.75, 3.05) is 13.1 Å². The topological polar surface area (TPSA) is 33.2 Å². The van der Waals surface area contributed by atoms with Crippen LogP contribution in [0.5, 0.6) is 0 Å². The van der Waals surface area contributed by atoms with E-state index in [4.69, 9.17) is 0 Å². The highest BCUT2D eigenvalue weighted by Crippen LogP contribution is 2.07. The van der Waals surface area contributed by atoms with E-state index in [9.17, 15) is 9.18 Å². The molecule has 0 aromatic carbocycles. The van der Waals surface area contributed by atoms with Gasteiger partial charge in [-0.1, -0.05) is 13.8 Å². The molecule has 1 rings (SSSR count). The van der Waals surface area contributed by atoms with Gasteiger partial charge in [0.25, 0.3) is 0 Å². The van der Waals surface area contributed by atoms with Gasteiger partial charge in [-0.25, -0.2) is 4.39 Å². The Kier molecular flexibility index (Phi) is 5.92. The van der Waals surface area contributed by atoms with Gasteiger partial charge >= 0.3 is 0 Å². The molecule has 1 aromatic heterocycles. The van der Waals surface area contributed by atoms with Crippen molar-refractivity contribution in [2.45, 2.75) is 39.7 Å². The number of pyridine rings is 1. The van der Waals surface area contributed by atoms with Gasteiger partial charge in [0.05, 0.1) is 6.20 Å². The predicted molar refractivity (Wildman–Crippen MR) is 70.1 cm³/mol. The van der Waals surface area contributed by atoms with Crippen LogP contribution < -0.4 is 0 Å². The molecule has 3 nitrogen and oxygen atoms in total. The van der Waals surface area contributed by atoms with Crippen LogP contribution in [0.2, 0.25) is 0 Å². The number of aromatic nitrogens is 1. The first-order valence-electron chi connectivity index (χ1n) is 6.47. The first kappa shape index (κ1) is 14.8. The Hall–Kier alpha value is -1.29. The van der Waals surface area contributed by atoms with Crippen molar-refractivity contribution in [3.63, 3.8) is 0 Å². The second kappa shape index (κ2) is 7.21. The van der Waals surface area contributed by atoms with Gasteiger partial charge in [-0.2, -0.15) is 0 Å². The molecule has 0 bridgehead atoms. The fourth-order valence-electron chi connectivity index (χ4n) is 1.86. The van der Waals surface area contributed by atoms with Gasteiger partial charge in [-0.05, 0) is 32.0 Å². The third-order valence-electron chi connectivity index (χ3n) is 3.26. The molecule has 0 N–H and O–H groups in total. The van der Waals surface area contributed by atoms with Crippen molar-refractivity contribution < 1.29 is 9.18 Å². The Bertz CT molecular complexity index is 378. The average molecular weight is 252 g/mol. The lowest BCUT2D eigenvalue weighted by atomic mass is 10.1. The molecule has 1 aromatic rings. The van der Waals surface area contributed by atoms with Crippen LogP contribution in [0.15, 0.2) is 18.3 Å². The number of hydrogen-bond acceptors (Lipinski definition) is 3. The highest BCUT2D eigenvalue weighted by Gasteiger charge is 2.13. The highest BCUT2D eigenvalue weighted by molar-refractivity contribution is 5.94. The molecule has 1 atom stereocenters. The van der Waals surface area contributed by atoms with Crippen LogP contribution in [0.1, 0.15) is 44.1 Å². The number of rotatable bonds is 7. The summed E-state index contributed by atoms with van der Waals surface area (Å²) in [5.41, 5.74) is 0.344. The fourth-order valence-corrected chi connectivity index (χ4v) is 1.86. The van der Waals surface area contributed by atoms with E-state index in [1.165, 1.54) is 12.1 Å². The van der Waals surface area contributed by atoms with Crippen molar-refractivity contribution in [1.82, 2.24) is 9.88 Å². The molecule has 0 radical (unpaired) electrons. The van der Waals surface area contributed by atoms with Gasteiger partial charge in [0.1, 0.15) is 11.5 Å². The molecule has 0 saturated heterocycles. The number of hydrogen-bond donors (Lipinski definition) is 0. The van der Waals surface area contributed by atoms with E-state index in [-0.39, 0.29) is 5.78 Å². The standard InChI is InChI=1S/C14H21FN2O/c1-4-11(3)17(5-2)9-8-14(18)13-7-6-12(15)10-16-13/h6-7,10-11H,4-5,8-9H2,1-3H3. The monoisotopic (exact) mass is 252 g/mol. The van der Waals surface area contributed by atoms with E-state index in [1.54, 1.807) is 0 Å². The Balaban J connectivity index is 2.52. The maximum atomic E-state index is 12.7. The number of Topliss-reactive ketones (excluding diaryl/α,β-unsaturated/α-hetero) is 1. The quantitative estimate of drug-likeness (QED) is 0.700. The van der Waals surface area contributed by atoms with E-state index < -0.39 is 5.82 Å². The molecule has 0 aliphatic carbocycles. The van der Waals surface area contributed by atoms with Gasteiger partial charge < -0.3 is 4.90 Å². The minimum atomic E-state index is -0.415. The molecule has 1 unspecified atom stereocenters. The summed E-state index contributed by atoms with van der Waals surface area (Å²) in [5, 5.41) is 0. The van der Waals surface area contributed by atoms with Crippen molar-refractivity contribution in [1.29, 1.82) is 0 Å². The van der Waals surface area contributed by atoms with Gasteiger partial charge in [0.2, 0.25) is 0 Å². The van der Waals surface area contributed by atoms with Crippen LogP contribution in [0, 0.1) is 5.82 Å². The number of carbonyl (C=O) groups is 1.